The molecule has 0 N–H and O–H groups in total. The molecule has 444 valence electrons. The summed E-state index contributed by atoms with van der Waals surface area (Å²) in [5.41, 5.74) is 0. The van der Waals surface area contributed by atoms with Crippen molar-refractivity contribution < 1.29 is 28.6 Å². The zero-order valence-corrected chi connectivity index (χ0v) is 50.8. The SMILES string of the molecule is CC/C=C\C/C=C\C/C=C\C/C=C\C/C=C\C/C=C\C/C=C\CCCCCCCC(=O)OCC(COC(=O)CCCC/C=C\C/C=C\C/C=C\C/C=C\CC)OC(=O)CCCCCCCCCCC/C=C\C/C=C\CCCCC. The Morgan fingerprint density at radius 2 is 0.494 bits per heavy atom. The van der Waals surface area contributed by atoms with E-state index in [0.717, 1.165) is 148 Å². The van der Waals surface area contributed by atoms with Crippen LogP contribution in [0, 0.1) is 0 Å². The highest BCUT2D eigenvalue weighted by atomic mass is 16.6. The van der Waals surface area contributed by atoms with Crippen molar-refractivity contribution in [3.63, 3.8) is 0 Å². The largest absolute Gasteiger partial charge is 0.462 e. The van der Waals surface area contributed by atoms with Gasteiger partial charge in [0.25, 0.3) is 0 Å². The molecule has 1 unspecified atom stereocenters. The fourth-order valence-corrected chi connectivity index (χ4v) is 8.27. The maximum Gasteiger partial charge on any atom is 0.306 e. The molecular weight excluding hydrogens is 973 g/mol. The summed E-state index contributed by atoms with van der Waals surface area (Å²) in [5, 5.41) is 0. The van der Waals surface area contributed by atoms with Crippen molar-refractivity contribution in [1.82, 2.24) is 0 Å². The first-order valence-electron chi connectivity index (χ1n) is 32.0. The average Bonchev–Trinajstić information content (AvgIpc) is 3.45. The number of hydrogen-bond acceptors (Lipinski definition) is 6. The van der Waals surface area contributed by atoms with Gasteiger partial charge < -0.3 is 14.2 Å². The maximum absolute atomic E-state index is 12.9. The molecule has 0 aliphatic rings. The van der Waals surface area contributed by atoms with Gasteiger partial charge in [0.15, 0.2) is 6.10 Å². The van der Waals surface area contributed by atoms with Gasteiger partial charge in [-0.05, 0) is 148 Å². The Morgan fingerprint density at radius 3 is 0.797 bits per heavy atom. The molecule has 0 saturated heterocycles. The Bertz CT molecular complexity index is 1780. The molecule has 0 aliphatic heterocycles. The Hall–Kier alpha value is -4.97. The number of carbonyl (C=O) groups is 3. The van der Waals surface area contributed by atoms with Gasteiger partial charge in [0.1, 0.15) is 13.2 Å². The monoisotopic (exact) mass is 1090 g/mol. The van der Waals surface area contributed by atoms with Crippen molar-refractivity contribution in [1.29, 1.82) is 0 Å². The molecule has 0 rings (SSSR count). The van der Waals surface area contributed by atoms with E-state index in [2.05, 4.69) is 179 Å². The normalized spacial score (nSPS) is 13.2. The molecule has 0 spiro atoms. The molecule has 0 aromatic carbocycles. The predicted octanol–water partition coefficient (Wildman–Crippen LogP) is 22.1. The van der Waals surface area contributed by atoms with Crippen molar-refractivity contribution in [2.24, 2.45) is 0 Å². The minimum Gasteiger partial charge on any atom is -0.462 e. The van der Waals surface area contributed by atoms with Crippen LogP contribution in [0.1, 0.15) is 265 Å². The summed E-state index contributed by atoms with van der Waals surface area (Å²) in [6.07, 6.45) is 95.3. The van der Waals surface area contributed by atoms with Gasteiger partial charge in [-0.3, -0.25) is 14.4 Å². The average molecular weight is 1090 g/mol. The highest BCUT2D eigenvalue weighted by Crippen LogP contribution is 2.14. The predicted molar refractivity (Wildman–Crippen MR) is 343 cm³/mol. The minimum atomic E-state index is -0.815. The van der Waals surface area contributed by atoms with Crippen LogP contribution in [0.2, 0.25) is 0 Å². The summed E-state index contributed by atoms with van der Waals surface area (Å²) in [7, 11) is 0. The van der Waals surface area contributed by atoms with Crippen molar-refractivity contribution >= 4 is 17.9 Å². The summed E-state index contributed by atoms with van der Waals surface area (Å²) in [6.45, 7) is 6.33. The lowest BCUT2D eigenvalue weighted by Gasteiger charge is -2.18. The second-order valence-corrected chi connectivity index (χ2v) is 20.5. The summed E-state index contributed by atoms with van der Waals surface area (Å²) < 4.78 is 16.9. The second-order valence-electron chi connectivity index (χ2n) is 20.5. The van der Waals surface area contributed by atoms with E-state index < -0.39 is 6.10 Å². The van der Waals surface area contributed by atoms with Crippen LogP contribution >= 0.6 is 0 Å². The molecule has 0 saturated carbocycles. The summed E-state index contributed by atoms with van der Waals surface area (Å²) in [6, 6.07) is 0. The van der Waals surface area contributed by atoms with Crippen LogP contribution in [0.25, 0.3) is 0 Å². The third kappa shape index (κ3) is 63.7. The smallest absolute Gasteiger partial charge is 0.306 e. The molecule has 0 fully saturated rings. The van der Waals surface area contributed by atoms with Crippen LogP contribution in [0.4, 0.5) is 0 Å². The topological polar surface area (TPSA) is 78.9 Å². The molecule has 79 heavy (non-hydrogen) atoms. The van der Waals surface area contributed by atoms with Crippen LogP contribution < -0.4 is 0 Å². The summed E-state index contributed by atoms with van der Waals surface area (Å²) in [4.78, 5) is 38.3. The molecule has 0 heterocycles. The fraction of sp³-hybridized carbons (Fsp3) is 0.603. The lowest BCUT2D eigenvalue weighted by Crippen LogP contribution is -2.30. The number of allylic oxidation sites excluding steroid dienone is 26. The van der Waals surface area contributed by atoms with Crippen molar-refractivity contribution in [3.05, 3.63) is 158 Å². The van der Waals surface area contributed by atoms with E-state index in [1.807, 2.05) is 0 Å². The van der Waals surface area contributed by atoms with Gasteiger partial charge in [0, 0.05) is 19.3 Å². The minimum absolute atomic E-state index is 0.110. The van der Waals surface area contributed by atoms with Crippen LogP contribution in [-0.2, 0) is 28.6 Å². The van der Waals surface area contributed by atoms with Crippen LogP contribution in [0.3, 0.4) is 0 Å². The van der Waals surface area contributed by atoms with Gasteiger partial charge in [-0.25, -0.2) is 0 Å². The number of unbranched alkanes of at least 4 members (excludes halogenated alkanes) is 19. The molecule has 0 aromatic rings. The van der Waals surface area contributed by atoms with Crippen molar-refractivity contribution in [2.75, 3.05) is 13.2 Å². The Kier molecular flexibility index (Phi) is 61.4. The van der Waals surface area contributed by atoms with Crippen LogP contribution in [0.5, 0.6) is 0 Å². The first-order chi connectivity index (χ1) is 39.0. The zero-order chi connectivity index (χ0) is 57.1. The summed E-state index contributed by atoms with van der Waals surface area (Å²) >= 11 is 0. The number of hydrogen-bond donors (Lipinski definition) is 0. The lowest BCUT2D eigenvalue weighted by molar-refractivity contribution is -0.167. The molecule has 0 radical (unpaired) electrons. The van der Waals surface area contributed by atoms with E-state index in [1.54, 1.807) is 0 Å². The van der Waals surface area contributed by atoms with E-state index in [9.17, 15) is 14.4 Å². The second kappa shape index (κ2) is 65.5. The van der Waals surface area contributed by atoms with Gasteiger partial charge in [0.2, 0.25) is 0 Å². The summed E-state index contributed by atoms with van der Waals surface area (Å²) in [5.74, 6) is -0.976. The standard InChI is InChI=1S/C73H116O6/c1-4-7-10-13-16-19-22-25-28-30-32-33-34-35-36-37-38-39-41-42-45-48-51-54-57-60-63-66-72(75)78-69-70(68-77-71(74)65-62-59-56-53-50-47-44-27-24-21-18-15-12-9-6-3)79-73(76)67-64-61-58-55-52-49-46-43-40-31-29-26-23-20-17-14-11-8-5-2/h7,9-10,12,16-21,25-29,32-33,35-36,38-39,42,44-45,50,53,70H,4-6,8,11,13-15,22-24,30-31,34,37,40-41,43,46-49,51-52,54-69H2,1-3H3/b10-7-,12-9-,19-16-,20-17-,21-18-,28-25-,29-26-,33-32-,36-35-,39-38-,44-27-,45-42-,53-50-. The fourth-order valence-electron chi connectivity index (χ4n) is 8.27. The molecule has 0 aromatic heterocycles. The molecular formula is C73H116O6. The van der Waals surface area contributed by atoms with E-state index in [4.69, 9.17) is 14.2 Å². The van der Waals surface area contributed by atoms with Gasteiger partial charge in [-0.2, -0.15) is 0 Å². The highest BCUT2D eigenvalue weighted by Gasteiger charge is 2.19. The van der Waals surface area contributed by atoms with Gasteiger partial charge >= 0.3 is 17.9 Å². The molecule has 0 amide bonds. The lowest BCUT2D eigenvalue weighted by atomic mass is 10.1. The van der Waals surface area contributed by atoms with E-state index in [-0.39, 0.29) is 31.1 Å². The van der Waals surface area contributed by atoms with Crippen LogP contribution in [-0.4, -0.2) is 37.2 Å². The Balaban J connectivity index is 4.47. The number of carbonyl (C=O) groups excluding carboxylic acids is 3. The van der Waals surface area contributed by atoms with Crippen LogP contribution in [0.15, 0.2) is 158 Å². The Labute approximate surface area is 486 Å². The van der Waals surface area contributed by atoms with Gasteiger partial charge in [-0.15, -0.1) is 0 Å². The third-order valence-corrected chi connectivity index (χ3v) is 13.0. The highest BCUT2D eigenvalue weighted by molar-refractivity contribution is 5.71. The molecule has 6 heteroatoms. The Morgan fingerprint density at radius 1 is 0.266 bits per heavy atom. The van der Waals surface area contributed by atoms with Crippen molar-refractivity contribution in [2.45, 2.75) is 271 Å². The van der Waals surface area contributed by atoms with E-state index in [1.165, 1.54) is 70.6 Å². The first-order valence-corrected chi connectivity index (χ1v) is 32.0. The third-order valence-electron chi connectivity index (χ3n) is 13.0. The molecule has 0 bridgehead atoms. The van der Waals surface area contributed by atoms with Gasteiger partial charge in [-0.1, -0.05) is 256 Å². The number of esters is 3. The molecule has 1 atom stereocenters. The molecule has 6 nitrogen and oxygen atoms in total. The quantitative estimate of drug-likeness (QED) is 0.0261. The van der Waals surface area contributed by atoms with E-state index >= 15 is 0 Å². The van der Waals surface area contributed by atoms with E-state index in [0.29, 0.717) is 25.7 Å². The first kappa shape index (κ1) is 74.0. The molecule has 0 aliphatic carbocycles. The number of rotatable bonds is 56. The van der Waals surface area contributed by atoms with Gasteiger partial charge in [0.05, 0.1) is 0 Å². The number of ether oxygens (including phenoxy) is 3. The maximum atomic E-state index is 12.9. The van der Waals surface area contributed by atoms with Crippen molar-refractivity contribution in [3.8, 4) is 0 Å². The zero-order valence-electron chi connectivity index (χ0n) is 50.8.